The minimum absolute atomic E-state index is 0.495. The molecule has 2 atom stereocenters. The molecule has 0 bridgehead atoms. The molecule has 0 N–H and O–H groups in total. The molecule has 2 aromatic rings. The van der Waals surface area contributed by atoms with E-state index in [-0.39, 0.29) is 0 Å². The van der Waals surface area contributed by atoms with Crippen LogP contribution in [-0.2, 0) is 17.9 Å². The van der Waals surface area contributed by atoms with Crippen LogP contribution in [0.3, 0.4) is 0 Å². The van der Waals surface area contributed by atoms with Crippen molar-refractivity contribution in [3.05, 3.63) is 47.5 Å². The van der Waals surface area contributed by atoms with Crippen LogP contribution >= 0.6 is 0 Å². The Morgan fingerprint density at radius 1 is 1.24 bits per heavy atom. The van der Waals surface area contributed by atoms with Crippen LogP contribution in [0.1, 0.15) is 55.2 Å². The summed E-state index contributed by atoms with van der Waals surface area (Å²) in [5, 5.41) is 4.61. The predicted molar refractivity (Wildman–Crippen MR) is 82.2 cm³/mol. The fourth-order valence-corrected chi connectivity index (χ4v) is 2.89. The van der Waals surface area contributed by atoms with Gasteiger partial charge >= 0.3 is 0 Å². The summed E-state index contributed by atoms with van der Waals surface area (Å²) in [6.45, 7) is 3.66. The van der Waals surface area contributed by atoms with Gasteiger partial charge in [-0.05, 0) is 24.3 Å². The van der Waals surface area contributed by atoms with Gasteiger partial charge in [0.25, 0.3) is 0 Å². The van der Waals surface area contributed by atoms with Gasteiger partial charge in [0.05, 0.1) is 0 Å². The normalized spacial score (nSPS) is 20.7. The molecule has 0 spiro atoms. The van der Waals surface area contributed by atoms with E-state index in [1.54, 1.807) is 7.11 Å². The molecular formula is C17H23N3O. The van der Waals surface area contributed by atoms with Gasteiger partial charge in [-0.15, -0.1) is 0 Å². The molecule has 1 aliphatic carbocycles. The number of aromatic nitrogens is 3. The van der Waals surface area contributed by atoms with Crippen LogP contribution in [-0.4, -0.2) is 21.9 Å². The fourth-order valence-electron chi connectivity index (χ4n) is 2.89. The van der Waals surface area contributed by atoms with E-state index >= 15 is 0 Å². The first-order valence-electron chi connectivity index (χ1n) is 7.81. The summed E-state index contributed by atoms with van der Waals surface area (Å²) in [6, 6.07) is 10.7. The highest BCUT2D eigenvalue weighted by Crippen LogP contribution is 2.53. The van der Waals surface area contributed by atoms with E-state index in [1.807, 2.05) is 0 Å². The number of unbranched alkanes of at least 4 members (excludes halogenated alkanes) is 1. The standard InChI is InChI=1S/C17H23N3O/c1-3-4-10-20-17(18-16(19-20)12-21-2)15-11-14(15)13-8-6-5-7-9-13/h5-9,14-15H,3-4,10-12H2,1-2H3/t14-,15+/m0/s1. The second-order valence-corrected chi connectivity index (χ2v) is 5.76. The first kappa shape index (κ1) is 14.3. The topological polar surface area (TPSA) is 39.9 Å². The van der Waals surface area contributed by atoms with E-state index in [2.05, 4.69) is 47.0 Å². The first-order valence-corrected chi connectivity index (χ1v) is 7.81. The Labute approximate surface area is 126 Å². The van der Waals surface area contributed by atoms with Crippen molar-refractivity contribution in [3.8, 4) is 0 Å². The molecule has 0 amide bonds. The van der Waals surface area contributed by atoms with E-state index in [9.17, 15) is 0 Å². The largest absolute Gasteiger partial charge is 0.377 e. The van der Waals surface area contributed by atoms with E-state index < -0.39 is 0 Å². The third-order valence-corrected chi connectivity index (χ3v) is 4.09. The monoisotopic (exact) mass is 285 g/mol. The highest BCUT2D eigenvalue weighted by Gasteiger charge is 2.43. The molecule has 1 heterocycles. The zero-order valence-corrected chi connectivity index (χ0v) is 12.8. The Morgan fingerprint density at radius 3 is 2.76 bits per heavy atom. The fraction of sp³-hybridized carbons (Fsp3) is 0.529. The van der Waals surface area contributed by atoms with Crippen LogP contribution < -0.4 is 0 Å². The van der Waals surface area contributed by atoms with Crippen molar-refractivity contribution >= 4 is 0 Å². The minimum Gasteiger partial charge on any atom is -0.377 e. The van der Waals surface area contributed by atoms with Gasteiger partial charge < -0.3 is 4.74 Å². The van der Waals surface area contributed by atoms with Crippen molar-refractivity contribution in [1.29, 1.82) is 0 Å². The Balaban J connectivity index is 1.78. The molecule has 1 saturated carbocycles. The zero-order valence-electron chi connectivity index (χ0n) is 12.8. The smallest absolute Gasteiger partial charge is 0.176 e. The van der Waals surface area contributed by atoms with Crippen LogP contribution in [0.15, 0.2) is 30.3 Å². The summed E-state index contributed by atoms with van der Waals surface area (Å²) < 4.78 is 7.28. The number of hydrogen-bond acceptors (Lipinski definition) is 3. The maximum Gasteiger partial charge on any atom is 0.176 e. The maximum absolute atomic E-state index is 5.17. The molecule has 0 radical (unpaired) electrons. The molecule has 0 unspecified atom stereocenters. The number of rotatable bonds is 7. The van der Waals surface area contributed by atoms with E-state index in [1.165, 1.54) is 18.4 Å². The molecule has 3 rings (SSSR count). The quantitative estimate of drug-likeness (QED) is 0.781. The molecule has 112 valence electrons. The summed E-state index contributed by atoms with van der Waals surface area (Å²) in [7, 11) is 1.69. The average molecular weight is 285 g/mol. The molecule has 0 aliphatic heterocycles. The van der Waals surface area contributed by atoms with Crippen molar-refractivity contribution in [2.24, 2.45) is 0 Å². The molecule has 4 nitrogen and oxygen atoms in total. The minimum atomic E-state index is 0.495. The Morgan fingerprint density at radius 2 is 2.05 bits per heavy atom. The highest BCUT2D eigenvalue weighted by atomic mass is 16.5. The Hall–Kier alpha value is -1.68. The number of methoxy groups -OCH3 is 1. The molecule has 0 saturated heterocycles. The Bertz CT molecular complexity index is 579. The number of ether oxygens (including phenoxy) is 1. The molecule has 1 aliphatic rings. The molecule has 4 heteroatoms. The number of hydrogen-bond donors (Lipinski definition) is 0. The van der Waals surface area contributed by atoms with Gasteiger partial charge in [-0.1, -0.05) is 43.7 Å². The highest BCUT2D eigenvalue weighted by molar-refractivity contribution is 5.31. The van der Waals surface area contributed by atoms with Gasteiger partial charge in [0.2, 0.25) is 0 Å². The van der Waals surface area contributed by atoms with Crippen molar-refractivity contribution in [3.63, 3.8) is 0 Å². The van der Waals surface area contributed by atoms with Gasteiger partial charge in [0.15, 0.2) is 5.82 Å². The third-order valence-electron chi connectivity index (χ3n) is 4.09. The molecular weight excluding hydrogens is 262 g/mol. The predicted octanol–water partition coefficient (Wildman–Crippen LogP) is 3.50. The number of benzene rings is 1. The van der Waals surface area contributed by atoms with Gasteiger partial charge in [0.1, 0.15) is 12.4 Å². The van der Waals surface area contributed by atoms with Gasteiger partial charge in [-0.3, -0.25) is 0 Å². The van der Waals surface area contributed by atoms with Crippen molar-refractivity contribution in [2.75, 3.05) is 7.11 Å². The van der Waals surface area contributed by atoms with E-state index in [0.717, 1.165) is 24.6 Å². The molecule has 21 heavy (non-hydrogen) atoms. The summed E-state index contributed by atoms with van der Waals surface area (Å²) in [6.07, 6.45) is 3.50. The first-order chi connectivity index (χ1) is 10.3. The summed E-state index contributed by atoms with van der Waals surface area (Å²) in [5.74, 6) is 3.07. The summed E-state index contributed by atoms with van der Waals surface area (Å²) in [5.41, 5.74) is 1.42. The van der Waals surface area contributed by atoms with Gasteiger partial charge in [-0.2, -0.15) is 5.10 Å². The van der Waals surface area contributed by atoms with Crippen LogP contribution in [0.4, 0.5) is 0 Å². The lowest BCUT2D eigenvalue weighted by Gasteiger charge is -2.04. The van der Waals surface area contributed by atoms with E-state index in [0.29, 0.717) is 18.4 Å². The summed E-state index contributed by atoms with van der Waals surface area (Å²) in [4.78, 5) is 4.72. The van der Waals surface area contributed by atoms with E-state index in [4.69, 9.17) is 9.72 Å². The van der Waals surface area contributed by atoms with Crippen molar-refractivity contribution < 1.29 is 4.74 Å². The maximum atomic E-state index is 5.17. The molecule has 1 aromatic carbocycles. The second-order valence-electron chi connectivity index (χ2n) is 5.76. The van der Waals surface area contributed by atoms with Crippen molar-refractivity contribution in [1.82, 2.24) is 14.8 Å². The van der Waals surface area contributed by atoms with Crippen LogP contribution in [0.2, 0.25) is 0 Å². The lowest BCUT2D eigenvalue weighted by Crippen LogP contribution is -2.05. The molecule has 1 aromatic heterocycles. The van der Waals surface area contributed by atoms with Crippen LogP contribution in [0, 0.1) is 0 Å². The Kier molecular flexibility index (Phi) is 4.34. The zero-order chi connectivity index (χ0) is 14.7. The van der Waals surface area contributed by atoms with Crippen LogP contribution in [0.5, 0.6) is 0 Å². The van der Waals surface area contributed by atoms with Gasteiger partial charge in [-0.25, -0.2) is 9.67 Å². The van der Waals surface area contributed by atoms with Crippen LogP contribution in [0.25, 0.3) is 0 Å². The SMILES string of the molecule is CCCCn1nc(COC)nc1[C@@H]1C[C@H]1c1ccccc1. The summed E-state index contributed by atoms with van der Waals surface area (Å²) >= 11 is 0. The van der Waals surface area contributed by atoms with Gasteiger partial charge in [0, 0.05) is 19.6 Å². The number of nitrogens with zero attached hydrogens (tertiary/aromatic N) is 3. The van der Waals surface area contributed by atoms with Crippen molar-refractivity contribution in [2.45, 2.75) is 51.2 Å². The number of aryl methyl sites for hydroxylation is 1. The average Bonchev–Trinajstić information content (AvgIpc) is 3.21. The molecule has 1 fully saturated rings. The second kappa shape index (κ2) is 6.39. The lowest BCUT2D eigenvalue weighted by atomic mass is 10.1. The third kappa shape index (κ3) is 3.16. The lowest BCUT2D eigenvalue weighted by molar-refractivity contribution is 0.177.